The van der Waals surface area contributed by atoms with Crippen LogP contribution in [0, 0.1) is 0 Å². The van der Waals surface area contributed by atoms with Crippen LogP contribution in [0.1, 0.15) is 27.9 Å². The largest absolute Gasteiger partial charge is 0.503 e. The summed E-state index contributed by atoms with van der Waals surface area (Å²) in [6, 6.07) is 13.3. The summed E-state index contributed by atoms with van der Waals surface area (Å²) in [4.78, 5) is 30.7. The number of amides is 1. The number of nitrogens with zero attached hydrogens (tertiary/aromatic N) is 1. The highest BCUT2D eigenvalue weighted by Crippen LogP contribution is 2.42. The molecule has 0 spiro atoms. The lowest BCUT2D eigenvalue weighted by Gasteiger charge is -2.25. The van der Waals surface area contributed by atoms with Crippen LogP contribution in [0.2, 0.25) is 0 Å². The van der Waals surface area contributed by atoms with Gasteiger partial charge in [0.1, 0.15) is 5.76 Å². The van der Waals surface area contributed by atoms with E-state index in [4.69, 9.17) is 8.83 Å². The van der Waals surface area contributed by atoms with Gasteiger partial charge in [0, 0.05) is 22.7 Å². The number of aromatic amines is 1. The van der Waals surface area contributed by atoms with Crippen molar-refractivity contribution in [2.75, 3.05) is 0 Å². The number of hydrogen-bond acceptors (Lipinski definition) is 5. The Balaban J connectivity index is 1.67. The van der Waals surface area contributed by atoms with Gasteiger partial charge < -0.3 is 23.8 Å². The highest BCUT2D eigenvalue weighted by molar-refractivity contribution is 6.15. The van der Waals surface area contributed by atoms with E-state index < -0.39 is 23.5 Å². The van der Waals surface area contributed by atoms with Gasteiger partial charge in [0.15, 0.2) is 11.5 Å². The number of carbonyl (C=O) groups excluding carboxylic acids is 2. The molecule has 7 heteroatoms. The van der Waals surface area contributed by atoms with Crippen LogP contribution in [0.3, 0.4) is 0 Å². The molecule has 144 valence electrons. The zero-order chi connectivity index (χ0) is 20.0. The van der Waals surface area contributed by atoms with Crippen molar-refractivity contribution in [2.24, 2.45) is 0 Å². The van der Waals surface area contributed by atoms with Crippen LogP contribution in [0.5, 0.6) is 0 Å². The number of ketones is 1. The zero-order valence-corrected chi connectivity index (χ0v) is 15.2. The Morgan fingerprint density at radius 3 is 2.62 bits per heavy atom. The maximum absolute atomic E-state index is 13.1. The van der Waals surface area contributed by atoms with Gasteiger partial charge in [0.25, 0.3) is 5.91 Å². The fourth-order valence-electron chi connectivity index (χ4n) is 3.80. The Hall–Kier alpha value is -4.00. The van der Waals surface area contributed by atoms with E-state index in [1.165, 1.54) is 23.5 Å². The smallest absolute Gasteiger partial charge is 0.290 e. The van der Waals surface area contributed by atoms with Crippen LogP contribution in [0.25, 0.3) is 10.9 Å². The lowest BCUT2D eigenvalue weighted by molar-refractivity contribution is -0.130. The van der Waals surface area contributed by atoms with Gasteiger partial charge >= 0.3 is 0 Å². The van der Waals surface area contributed by atoms with Gasteiger partial charge in [-0.25, -0.2) is 0 Å². The van der Waals surface area contributed by atoms with Gasteiger partial charge in [-0.3, -0.25) is 9.59 Å². The zero-order valence-electron chi connectivity index (χ0n) is 15.2. The summed E-state index contributed by atoms with van der Waals surface area (Å²) in [7, 11) is 0. The summed E-state index contributed by atoms with van der Waals surface area (Å²) in [6.45, 7) is 0.106. The lowest BCUT2D eigenvalue weighted by atomic mass is 9.94. The monoisotopic (exact) mass is 388 g/mol. The van der Waals surface area contributed by atoms with Crippen LogP contribution < -0.4 is 0 Å². The number of carbonyl (C=O) groups is 2. The van der Waals surface area contributed by atoms with Crippen molar-refractivity contribution in [1.29, 1.82) is 0 Å². The molecule has 4 heterocycles. The van der Waals surface area contributed by atoms with Gasteiger partial charge in [-0.2, -0.15) is 0 Å². The van der Waals surface area contributed by atoms with E-state index in [2.05, 4.69) is 4.98 Å². The van der Waals surface area contributed by atoms with E-state index in [0.717, 1.165) is 10.9 Å². The van der Waals surface area contributed by atoms with Gasteiger partial charge in [-0.1, -0.05) is 18.2 Å². The van der Waals surface area contributed by atoms with Gasteiger partial charge in [0.05, 0.1) is 30.7 Å². The van der Waals surface area contributed by atoms with Crippen molar-refractivity contribution in [1.82, 2.24) is 9.88 Å². The number of hydrogen-bond donors (Lipinski definition) is 2. The van der Waals surface area contributed by atoms with E-state index >= 15 is 0 Å². The predicted molar refractivity (Wildman–Crippen MR) is 103 cm³/mol. The number of furan rings is 2. The summed E-state index contributed by atoms with van der Waals surface area (Å²) in [5.74, 6) is -1.13. The maximum atomic E-state index is 13.1. The number of Topliss-reactive ketones (excluding diaryl/α,β-unsaturated/α-hetero) is 1. The Morgan fingerprint density at radius 2 is 1.86 bits per heavy atom. The number of para-hydroxylation sites is 1. The molecular weight excluding hydrogens is 372 g/mol. The van der Waals surface area contributed by atoms with Crippen LogP contribution in [-0.4, -0.2) is 26.7 Å². The van der Waals surface area contributed by atoms with E-state index in [-0.39, 0.29) is 17.9 Å². The first-order chi connectivity index (χ1) is 14.1. The molecule has 0 fully saturated rings. The van der Waals surface area contributed by atoms with Gasteiger partial charge in [-0.05, 0) is 30.3 Å². The number of aliphatic hydroxyl groups excluding tert-OH is 1. The van der Waals surface area contributed by atoms with Gasteiger partial charge in [0.2, 0.25) is 5.78 Å². The molecule has 7 nitrogen and oxygen atoms in total. The molecule has 4 aromatic rings. The number of aromatic nitrogens is 1. The molecule has 1 atom stereocenters. The second-order valence-corrected chi connectivity index (χ2v) is 6.77. The summed E-state index contributed by atoms with van der Waals surface area (Å²) < 4.78 is 10.6. The van der Waals surface area contributed by atoms with Crippen molar-refractivity contribution in [3.8, 4) is 0 Å². The number of fused-ring (bicyclic) bond motifs is 1. The normalized spacial score (nSPS) is 16.9. The summed E-state index contributed by atoms with van der Waals surface area (Å²) in [5, 5.41) is 11.5. The summed E-state index contributed by atoms with van der Waals surface area (Å²) >= 11 is 0. The Labute approximate surface area is 164 Å². The molecule has 1 aliphatic heterocycles. The topological polar surface area (TPSA) is 99.7 Å². The molecule has 2 N–H and O–H groups in total. The number of aliphatic hydroxyl groups is 1. The Morgan fingerprint density at radius 1 is 1.07 bits per heavy atom. The van der Waals surface area contributed by atoms with E-state index in [1.54, 1.807) is 24.4 Å². The van der Waals surface area contributed by atoms with Crippen molar-refractivity contribution >= 4 is 22.6 Å². The third-order valence-electron chi connectivity index (χ3n) is 5.12. The quantitative estimate of drug-likeness (QED) is 0.501. The number of benzene rings is 1. The van der Waals surface area contributed by atoms with Crippen molar-refractivity contribution in [3.05, 3.63) is 95.7 Å². The molecule has 1 aliphatic rings. The van der Waals surface area contributed by atoms with Gasteiger partial charge in [-0.15, -0.1) is 0 Å². The minimum atomic E-state index is -0.790. The highest BCUT2D eigenvalue weighted by atomic mass is 16.3. The highest BCUT2D eigenvalue weighted by Gasteiger charge is 2.45. The Bertz CT molecular complexity index is 1230. The second kappa shape index (κ2) is 6.56. The predicted octanol–water partition coefficient (Wildman–Crippen LogP) is 4.13. The molecule has 1 amide bonds. The first kappa shape index (κ1) is 17.1. The first-order valence-electron chi connectivity index (χ1n) is 9.06. The summed E-state index contributed by atoms with van der Waals surface area (Å²) in [6.07, 6.45) is 4.65. The Kier molecular flexibility index (Phi) is 3.87. The SMILES string of the molecule is O=C(C1=C(O)C(=O)N(Cc2ccco2)C1c1c[nH]c2ccccc12)c1ccco1. The maximum Gasteiger partial charge on any atom is 0.290 e. The molecule has 1 aromatic carbocycles. The fourth-order valence-corrected chi connectivity index (χ4v) is 3.80. The average molecular weight is 388 g/mol. The van der Waals surface area contributed by atoms with Crippen LogP contribution >= 0.6 is 0 Å². The minimum absolute atomic E-state index is 0.0127. The second-order valence-electron chi connectivity index (χ2n) is 6.77. The van der Waals surface area contributed by atoms with Crippen molar-refractivity contribution < 1.29 is 23.5 Å². The standard InChI is InChI=1S/C22H16N2O5/c25-20(17-8-4-10-29-17)18-19(15-11-23-16-7-2-1-6-14(15)16)24(22(27)21(18)26)12-13-5-3-9-28-13/h1-11,19,23,26H,12H2. The molecule has 3 aromatic heterocycles. The third kappa shape index (κ3) is 2.67. The van der Waals surface area contributed by atoms with Crippen LogP contribution in [0.15, 0.2) is 87.4 Å². The molecule has 0 aliphatic carbocycles. The van der Waals surface area contributed by atoms with Crippen molar-refractivity contribution in [3.63, 3.8) is 0 Å². The molecule has 0 radical (unpaired) electrons. The molecule has 29 heavy (non-hydrogen) atoms. The number of nitrogens with one attached hydrogen (secondary N) is 1. The van der Waals surface area contributed by atoms with E-state index in [9.17, 15) is 14.7 Å². The van der Waals surface area contributed by atoms with E-state index in [1.807, 2.05) is 24.3 Å². The molecule has 0 saturated heterocycles. The van der Waals surface area contributed by atoms with Crippen LogP contribution in [-0.2, 0) is 11.3 Å². The number of rotatable bonds is 5. The fraction of sp³-hybridized carbons (Fsp3) is 0.0909. The molecule has 5 rings (SSSR count). The van der Waals surface area contributed by atoms with E-state index in [0.29, 0.717) is 11.3 Å². The molecule has 0 bridgehead atoms. The molecular formula is C22H16N2O5. The first-order valence-corrected chi connectivity index (χ1v) is 9.06. The summed E-state index contributed by atoms with van der Waals surface area (Å²) in [5.41, 5.74) is 1.56. The third-order valence-corrected chi connectivity index (χ3v) is 5.12. The molecule has 0 saturated carbocycles. The van der Waals surface area contributed by atoms with Crippen molar-refractivity contribution in [2.45, 2.75) is 12.6 Å². The lowest BCUT2D eigenvalue weighted by Crippen LogP contribution is -2.30. The minimum Gasteiger partial charge on any atom is -0.503 e. The number of H-pyrrole nitrogens is 1. The average Bonchev–Trinajstić information content (AvgIpc) is 3.52. The molecule has 1 unspecified atom stereocenters. The van der Waals surface area contributed by atoms with Crippen LogP contribution in [0.4, 0.5) is 0 Å².